The monoisotopic (exact) mass is 324 g/mol. The van der Waals surface area contributed by atoms with Gasteiger partial charge in [-0.1, -0.05) is 45.0 Å². The molecule has 2 aromatic rings. The summed E-state index contributed by atoms with van der Waals surface area (Å²) in [4.78, 5) is 16.0. The van der Waals surface area contributed by atoms with Crippen molar-refractivity contribution < 1.29 is 9.90 Å². The number of carboxylic acid groups (broad SMARTS) is 1. The molecule has 0 aliphatic carbocycles. The van der Waals surface area contributed by atoms with E-state index in [2.05, 4.69) is 54.6 Å². The Balaban J connectivity index is 1.98. The maximum atomic E-state index is 11.7. The summed E-state index contributed by atoms with van der Waals surface area (Å²) in [5, 5.41) is 9.64. The van der Waals surface area contributed by atoms with E-state index in [0.29, 0.717) is 18.4 Å². The average Bonchev–Trinajstić information content (AvgIpc) is 2.91. The molecule has 0 amide bonds. The van der Waals surface area contributed by atoms with Crippen molar-refractivity contribution >= 4 is 11.5 Å². The molecule has 3 rings (SSSR count). The highest BCUT2D eigenvalue weighted by Crippen LogP contribution is 2.30. The van der Waals surface area contributed by atoms with Gasteiger partial charge in [0.05, 0.1) is 18.2 Å². The largest absolute Gasteiger partial charge is 0.478 e. The summed E-state index contributed by atoms with van der Waals surface area (Å²) in [5.41, 5.74) is 4.88. The van der Waals surface area contributed by atoms with E-state index in [9.17, 15) is 9.90 Å². The van der Waals surface area contributed by atoms with Gasteiger partial charge in [-0.2, -0.15) is 0 Å². The van der Waals surface area contributed by atoms with Crippen LogP contribution in [0.25, 0.3) is 5.57 Å². The van der Waals surface area contributed by atoms with Crippen molar-refractivity contribution in [3.63, 3.8) is 0 Å². The van der Waals surface area contributed by atoms with E-state index >= 15 is 0 Å². The summed E-state index contributed by atoms with van der Waals surface area (Å²) in [5.74, 6) is -0.814. The number of aromatic nitrogens is 2. The van der Waals surface area contributed by atoms with Gasteiger partial charge in [0.25, 0.3) is 0 Å². The predicted octanol–water partition coefficient (Wildman–Crippen LogP) is 4.06. The summed E-state index contributed by atoms with van der Waals surface area (Å²) in [6.07, 6.45) is 5.64. The van der Waals surface area contributed by atoms with E-state index in [-0.39, 0.29) is 5.41 Å². The number of fused-ring (bicyclic) bond motifs is 1. The molecule has 1 N–H and O–H groups in total. The van der Waals surface area contributed by atoms with Crippen LogP contribution < -0.4 is 0 Å². The fraction of sp³-hybridized carbons (Fsp3) is 0.400. The molecule has 126 valence electrons. The molecule has 1 aromatic heterocycles. The van der Waals surface area contributed by atoms with Gasteiger partial charge in [0, 0.05) is 18.5 Å². The number of carbonyl (C=O) groups is 1. The van der Waals surface area contributed by atoms with Crippen LogP contribution in [0.1, 0.15) is 50.4 Å². The first-order valence-corrected chi connectivity index (χ1v) is 8.41. The van der Waals surface area contributed by atoms with Crippen LogP contribution in [0.2, 0.25) is 0 Å². The van der Waals surface area contributed by atoms with Crippen LogP contribution >= 0.6 is 0 Å². The molecule has 4 nitrogen and oxygen atoms in total. The summed E-state index contributed by atoms with van der Waals surface area (Å²) in [7, 11) is 0. The number of rotatable bonds is 3. The molecule has 24 heavy (non-hydrogen) atoms. The number of imidazole rings is 1. The second kappa shape index (κ2) is 6.27. The molecule has 0 saturated heterocycles. The number of aliphatic carboxylic acids is 1. The average molecular weight is 324 g/mol. The highest BCUT2D eigenvalue weighted by atomic mass is 16.4. The maximum Gasteiger partial charge on any atom is 0.331 e. The number of nitrogens with zero attached hydrogens (tertiary/aromatic N) is 2. The van der Waals surface area contributed by atoms with Gasteiger partial charge in [-0.15, -0.1) is 0 Å². The summed E-state index contributed by atoms with van der Waals surface area (Å²) < 4.78 is 2.06. The summed E-state index contributed by atoms with van der Waals surface area (Å²) in [6, 6.07) is 8.51. The van der Waals surface area contributed by atoms with E-state index in [0.717, 1.165) is 29.8 Å². The van der Waals surface area contributed by atoms with Crippen molar-refractivity contribution in [3.05, 3.63) is 59.2 Å². The minimum absolute atomic E-state index is 0.116. The van der Waals surface area contributed by atoms with Crippen molar-refractivity contribution in [2.75, 3.05) is 0 Å². The van der Waals surface area contributed by atoms with Crippen LogP contribution in [0.4, 0.5) is 0 Å². The fourth-order valence-corrected chi connectivity index (χ4v) is 3.24. The predicted molar refractivity (Wildman–Crippen MR) is 94.9 cm³/mol. The minimum Gasteiger partial charge on any atom is -0.478 e. The van der Waals surface area contributed by atoms with Crippen molar-refractivity contribution in [1.82, 2.24) is 9.55 Å². The van der Waals surface area contributed by atoms with Gasteiger partial charge in [0.2, 0.25) is 0 Å². The Morgan fingerprint density at radius 2 is 1.96 bits per heavy atom. The second-order valence-corrected chi connectivity index (χ2v) is 7.46. The molecule has 0 saturated carbocycles. The first kappa shape index (κ1) is 16.5. The van der Waals surface area contributed by atoms with Crippen LogP contribution in [0.15, 0.2) is 42.4 Å². The molecule has 2 heterocycles. The highest BCUT2D eigenvalue weighted by Gasteiger charge is 2.22. The fourth-order valence-electron chi connectivity index (χ4n) is 3.24. The van der Waals surface area contributed by atoms with Crippen LogP contribution in [0.5, 0.6) is 0 Å². The molecule has 1 aromatic carbocycles. The smallest absolute Gasteiger partial charge is 0.331 e. The molecule has 0 unspecified atom stereocenters. The van der Waals surface area contributed by atoms with Gasteiger partial charge in [-0.25, -0.2) is 9.78 Å². The molecule has 1 aliphatic rings. The lowest BCUT2D eigenvalue weighted by molar-refractivity contribution is -0.132. The van der Waals surface area contributed by atoms with Gasteiger partial charge in [0.1, 0.15) is 0 Å². The third kappa shape index (κ3) is 3.28. The molecule has 1 aliphatic heterocycles. The standard InChI is InChI=1S/C20H24N2O2/c1-20(2,3)15-8-6-14(7-9-15)11-17-16(19(23)24)5-4-10-22-13-21-12-18(17)22/h6-9,12-13H,4-5,10-11H2,1-3H3,(H,23,24). The quantitative estimate of drug-likeness (QED) is 0.926. The van der Waals surface area contributed by atoms with Gasteiger partial charge < -0.3 is 9.67 Å². The van der Waals surface area contributed by atoms with E-state index in [1.807, 2.05) is 0 Å². The molecular formula is C20H24N2O2. The molecule has 4 heteroatoms. The molecule has 0 spiro atoms. The van der Waals surface area contributed by atoms with Gasteiger partial charge in [0.15, 0.2) is 0 Å². The second-order valence-electron chi connectivity index (χ2n) is 7.46. The molecule has 0 radical (unpaired) electrons. The van der Waals surface area contributed by atoms with Crippen molar-refractivity contribution in [2.45, 2.75) is 52.0 Å². The van der Waals surface area contributed by atoms with Gasteiger partial charge in [-0.05, 0) is 35.0 Å². The lowest BCUT2D eigenvalue weighted by Gasteiger charge is -2.19. The van der Waals surface area contributed by atoms with Crippen molar-refractivity contribution in [3.8, 4) is 0 Å². The van der Waals surface area contributed by atoms with E-state index in [4.69, 9.17) is 0 Å². The first-order chi connectivity index (χ1) is 11.4. The van der Waals surface area contributed by atoms with Crippen LogP contribution in [0, 0.1) is 0 Å². The van der Waals surface area contributed by atoms with Gasteiger partial charge >= 0.3 is 5.97 Å². The number of hydrogen-bond acceptors (Lipinski definition) is 2. The zero-order valence-corrected chi connectivity index (χ0v) is 14.5. The lowest BCUT2D eigenvalue weighted by Crippen LogP contribution is -2.11. The lowest BCUT2D eigenvalue weighted by atomic mass is 9.86. The molecular weight excluding hydrogens is 300 g/mol. The Hall–Kier alpha value is -2.36. The highest BCUT2D eigenvalue weighted by molar-refractivity contribution is 5.96. The Bertz CT molecular complexity index is 777. The number of carboxylic acids is 1. The normalized spacial score (nSPS) is 15.1. The maximum absolute atomic E-state index is 11.7. The number of allylic oxidation sites excluding steroid dienone is 1. The Morgan fingerprint density at radius 3 is 2.58 bits per heavy atom. The number of aryl methyl sites for hydroxylation is 1. The van der Waals surface area contributed by atoms with Gasteiger partial charge in [-0.3, -0.25) is 0 Å². The first-order valence-electron chi connectivity index (χ1n) is 8.41. The topological polar surface area (TPSA) is 55.1 Å². The van der Waals surface area contributed by atoms with Crippen molar-refractivity contribution in [2.24, 2.45) is 0 Å². The zero-order chi connectivity index (χ0) is 17.3. The Morgan fingerprint density at radius 1 is 1.25 bits per heavy atom. The van der Waals surface area contributed by atoms with Crippen molar-refractivity contribution in [1.29, 1.82) is 0 Å². The SMILES string of the molecule is CC(C)(C)c1ccc(CC2=C(C(=O)O)CCCn3cncc32)cc1. The summed E-state index contributed by atoms with van der Waals surface area (Å²) in [6.45, 7) is 7.39. The molecule has 0 atom stereocenters. The zero-order valence-electron chi connectivity index (χ0n) is 14.5. The minimum atomic E-state index is -0.814. The Kier molecular flexibility index (Phi) is 4.31. The molecule has 0 bridgehead atoms. The third-order valence-electron chi connectivity index (χ3n) is 4.67. The number of benzene rings is 1. The van der Waals surface area contributed by atoms with Crippen LogP contribution in [0.3, 0.4) is 0 Å². The van der Waals surface area contributed by atoms with E-state index in [1.54, 1.807) is 12.5 Å². The van der Waals surface area contributed by atoms with Crippen LogP contribution in [-0.2, 0) is 23.2 Å². The third-order valence-corrected chi connectivity index (χ3v) is 4.67. The number of hydrogen-bond donors (Lipinski definition) is 1. The Labute approximate surface area is 142 Å². The van der Waals surface area contributed by atoms with E-state index < -0.39 is 5.97 Å². The summed E-state index contributed by atoms with van der Waals surface area (Å²) >= 11 is 0. The molecule has 0 fully saturated rings. The van der Waals surface area contributed by atoms with E-state index in [1.165, 1.54) is 5.56 Å². The van der Waals surface area contributed by atoms with Crippen LogP contribution in [-0.4, -0.2) is 20.6 Å².